The number of hydrogen-bond donors (Lipinski definition) is 2. The van der Waals surface area contributed by atoms with Crippen LogP contribution < -0.4 is 4.72 Å². The van der Waals surface area contributed by atoms with Gasteiger partial charge in [0, 0.05) is 15.7 Å². The molecule has 0 fully saturated rings. The summed E-state index contributed by atoms with van der Waals surface area (Å²) in [7, 11) is -3.84. The predicted molar refractivity (Wildman–Crippen MR) is 82.0 cm³/mol. The smallest absolute Gasteiger partial charge is 0.261 e. The minimum atomic E-state index is -3.84. The Hall–Kier alpha value is -1.44. The van der Waals surface area contributed by atoms with Crippen LogP contribution in [0.1, 0.15) is 11.1 Å². The molecule has 0 amide bonds. The lowest BCUT2D eigenvalue weighted by atomic mass is 10.2. The second kappa shape index (κ2) is 6.13. The molecule has 4 nitrogen and oxygen atoms in total. The summed E-state index contributed by atoms with van der Waals surface area (Å²) in [6.45, 7) is 1.27. The maximum atomic E-state index is 13.3. The first kappa shape index (κ1) is 15.9. The van der Waals surface area contributed by atoms with Crippen molar-refractivity contribution < 1.29 is 17.9 Å². The number of halogens is 2. The van der Waals surface area contributed by atoms with E-state index >= 15 is 0 Å². The summed E-state index contributed by atoms with van der Waals surface area (Å²) < 4.78 is 41.1. The van der Waals surface area contributed by atoms with Gasteiger partial charge in [-0.3, -0.25) is 4.72 Å². The molecular weight excluding hydrogens is 361 g/mol. The van der Waals surface area contributed by atoms with E-state index in [0.717, 1.165) is 28.2 Å². The van der Waals surface area contributed by atoms with Gasteiger partial charge in [0.25, 0.3) is 10.0 Å². The van der Waals surface area contributed by atoms with Crippen molar-refractivity contribution in [1.29, 1.82) is 0 Å². The zero-order chi connectivity index (χ0) is 15.6. The third kappa shape index (κ3) is 3.61. The van der Waals surface area contributed by atoms with Crippen molar-refractivity contribution in [2.24, 2.45) is 0 Å². The highest BCUT2D eigenvalue weighted by atomic mass is 79.9. The Labute approximate surface area is 130 Å². The quantitative estimate of drug-likeness (QED) is 0.864. The van der Waals surface area contributed by atoms with Crippen molar-refractivity contribution in [3.63, 3.8) is 0 Å². The monoisotopic (exact) mass is 373 g/mol. The van der Waals surface area contributed by atoms with E-state index in [1.165, 1.54) is 0 Å². The van der Waals surface area contributed by atoms with Crippen LogP contribution in [0.15, 0.2) is 45.8 Å². The molecule has 0 saturated carbocycles. The van der Waals surface area contributed by atoms with Crippen molar-refractivity contribution in [1.82, 2.24) is 0 Å². The van der Waals surface area contributed by atoms with Crippen molar-refractivity contribution in [3.05, 3.63) is 57.8 Å². The van der Waals surface area contributed by atoms with Crippen molar-refractivity contribution in [2.45, 2.75) is 18.4 Å². The topological polar surface area (TPSA) is 66.4 Å². The zero-order valence-corrected chi connectivity index (χ0v) is 13.5. The van der Waals surface area contributed by atoms with Crippen LogP contribution in [0.4, 0.5) is 10.1 Å². The first-order valence-electron chi connectivity index (χ1n) is 6.02. The molecule has 0 aliphatic heterocycles. The number of aliphatic hydroxyl groups excluding tert-OH is 1. The standard InChI is InChI=1S/C14H13BrFNO3S/c1-9-6-11(2-4-13(9)15)17-21(19,20)12-3-5-14(16)10(7-12)8-18/h2-7,17-18H,8H2,1H3. The molecule has 112 valence electrons. The van der Waals surface area contributed by atoms with Crippen LogP contribution >= 0.6 is 15.9 Å². The highest BCUT2D eigenvalue weighted by Crippen LogP contribution is 2.23. The minimum absolute atomic E-state index is 0.0649. The largest absolute Gasteiger partial charge is 0.392 e. The van der Waals surface area contributed by atoms with Crippen LogP contribution in [0.25, 0.3) is 0 Å². The molecule has 0 saturated heterocycles. The van der Waals surface area contributed by atoms with E-state index in [1.807, 2.05) is 6.92 Å². The Bertz CT molecular complexity index is 778. The number of benzene rings is 2. The van der Waals surface area contributed by atoms with E-state index in [1.54, 1.807) is 18.2 Å². The summed E-state index contributed by atoms with van der Waals surface area (Å²) in [5.74, 6) is -0.643. The Kier molecular flexibility index (Phi) is 4.65. The fraction of sp³-hybridized carbons (Fsp3) is 0.143. The minimum Gasteiger partial charge on any atom is -0.392 e. The van der Waals surface area contributed by atoms with Gasteiger partial charge in [-0.1, -0.05) is 15.9 Å². The number of aryl methyl sites for hydroxylation is 1. The van der Waals surface area contributed by atoms with Crippen molar-refractivity contribution in [2.75, 3.05) is 4.72 Å². The number of hydrogen-bond acceptors (Lipinski definition) is 3. The Morgan fingerprint density at radius 2 is 1.95 bits per heavy atom. The van der Waals surface area contributed by atoms with Gasteiger partial charge in [-0.15, -0.1) is 0 Å². The van der Waals surface area contributed by atoms with Crippen LogP contribution in [0.5, 0.6) is 0 Å². The van der Waals surface area contributed by atoms with Gasteiger partial charge >= 0.3 is 0 Å². The predicted octanol–water partition coefficient (Wildman–Crippen LogP) is 3.19. The van der Waals surface area contributed by atoms with Gasteiger partial charge in [0.1, 0.15) is 5.82 Å². The molecule has 0 spiro atoms. The molecule has 0 aromatic heterocycles. The molecule has 2 aromatic carbocycles. The first-order chi connectivity index (χ1) is 9.83. The van der Waals surface area contributed by atoms with Crippen LogP contribution in [0.2, 0.25) is 0 Å². The lowest BCUT2D eigenvalue weighted by Crippen LogP contribution is -2.13. The molecule has 0 unspecified atom stereocenters. The van der Waals surface area contributed by atoms with Crippen LogP contribution in [-0.2, 0) is 16.6 Å². The maximum Gasteiger partial charge on any atom is 0.261 e. The number of anilines is 1. The molecule has 0 bridgehead atoms. The van der Waals surface area contributed by atoms with E-state index in [-0.39, 0.29) is 10.5 Å². The Balaban J connectivity index is 2.35. The second-order valence-electron chi connectivity index (χ2n) is 4.48. The van der Waals surface area contributed by atoms with E-state index in [2.05, 4.69) is 20.7 Å². The summed E-state index contributed by atoms with van der Waals surface area (Å²) in [4.78, 5) is -0.103. The molecule has 0 heterocycles. The number of aliphatic hydroxyl groups is 1. The van der Waals surface area contributed by atoms with Gasteiger partial charge in [-0.2, -0.15) is 0 Å². The second-order valence-corrected chi connectivity index (χ2v) is 7.02. The molecule has 0 aliphatic rings. The van der Waals surface area contributed by atoms with E-state index in [4.69, 9.17) is 5.11 Å². The van der Waals surface area contributed by atoms with Gasteiger partial charge in [-0.25, -0.2) is 12.8 Å². The summed E-state index contributed by atoms with van der Waals surface area (Å²) in [6, 6.07) is 8.32. The molecular formula is C14H13BrFNO3S. The highest BCUT2D eigenvalue weighted by Gasteiger charge is 2.16. The van der Waals surface area contributed by atoms with Gasteiger partial charge < -0.3 is 5.11 Å². The molecule has 2 aromatic rings. The first-order valence-corrected chi connectivity index (χ1v) is 8.29. The fourth-order valence-electron chi connectivity index (χ4n) is 1.76. The van der Waals surface area contributed by atoms with Crippen LogP contribution in [0, 0.1) is 12.7 Å². The number of rotatable bonds is 4. The van der Waals surface area contributed by atoms with Gasteiger partial charge in [0.05, 0.1) is 11.5 Å². The Morgan fingerprint density at radius 1 is 1.24 bits per heavy atom. The summed E-state index contributed by atoms with van der Waals surface area (Å²) >= 11 is 3.33. The lowest BCUT2D eigenvalue weighted by molar-refractivity contribution is 0.275. The third-order valence-electron chi connectivity index (χ3n) is 2.91. The average molecular weight is 374 g/mol. The molecule has 2 rings (SSSR count). The molecule has 2 N–H and O–H groups in total. The molecule has 0 atom stereocenters. The number of nitrogens with one attached hydrogen (secondary N) is 1. The van der Waals surface area contributed by atoms with Crippen molar-refractivity contribution >= 4 is 31.6 Å². The summed E-state index contributed by atoms with van der Waals surface area (Å²) in [6.07, 6.45) is 0. The third-order valence-corrected chi connectivity index (χ3v) is 5.18. The average Bonchev–Trinajstić information content (AvgIpc) is 2.43. The number of sulfonamides is 1. The van der Waals surface area contributed by atoms with E-state index < -0.39 is 22.4 Å². The van der Waals surface area contributed by atoms with Gasteiger partial charge in [0.15, 0.2) is 0 Å². The van der Waals surface area contributed by atoms with Crippen LogP contribution in [-0.4, -0.2) is 13.5 Å². The van der Waals surface area contributed by atoms with E-state index in [0.29, 0.717) is 5.69 Å². The fourth-order valence-corrected chi connectivity index (χ4v) is 3.11. The molecule has 0 aliphatic carbocycles. The van der Waals surface area contributed by atoms with Crippen molar-refractivity contribution in [3.8, 4) is 0 Å². The van der Waals surface area contributed by atoms with Crippen LogP contribution in [0.3, 0.4) is 0 Å². The SMILES string of the molecule is Cc1cc(NS(=O)(=O)c2ccc(F)c(CO)c2)ccc1Br. The molecule has 0 radical (unpaired) electrons. The van der Waals surface area contributed by atoms with E-state index in [9.17, 15) is 12.8 Å². The summed E-state index contributed by atoms with van der Waals surface area (Å²) in [5, 5.41) is 9.00. The maximum absolute atomic E-state index is 13.3. The van der Waals surface area contributed by atoms with Gasteiger partial charge in [0.2, 0.25) is 0 Å². The zero-order valence-electron chi connectivity index (χ0n) is 11.1. The highest BCUT2D eigenvalue weighted by molar-refractivity contribution is 9.10. The lowest BCUT2D eigenvalue weighted by Gasteiger charge is -2.10. The normalized spacial score (nSPS) is 11.4. The molecule has 21 heavy (non-hydrogen) atoms. The van der Waals surface area contributed by atoms with Gasteiger partial charge in [-0.05, 0) is 48.9 Å². The molecule has 7 heteroatoms. The Morgan fingerprint density at radius 3 is 2.57 bits per heavy atom. The summed E-state index contributed by atoms with van der Waals surface area (Å²) in [5.41, 5.74) is 1.22.